The first-order chi connectivity index (χ1) is 5.33. The average Bonchev–Trinajstić information content (AvgIpc) is 2.40. The lowest BCUT2D eigenvalue weighted by Crippen LogP contribution is -2.10. The Kier molecular flexibility index (Phi) is 3.36. The predicted molar refractivity (Wildman–Crippen MR) is 47.1 cm³/mol. The molecule has 11 heavy (non-hydrogen) atoms. The maximum atomic E-state index is 5.50. The summed E-state index contributed by atoms with van der Waals surface area (Å²) in [5, 5.41) is 2.71. The molecule has 1 rings (SSSR count). The number of rotatable bonds is 4. The quantitative estimate of drug-likeness (QED) is 0.695. The van der Waals surface area contributed by atoms with Crippen molar-refractivity contribution in [1.29, 1.82) is 0 Å². The molecular weight excluding hydrogens is 158 g/mol. The van der Waals surface area contributed by atoms with Gasteiger partial charge in [-0.2, -0.15) is 0 Å². The van der Waals surface area contributed by atoms with E-state index in [1.807, 2.05) is 5.38 Å². The third-order valence-electron chi connectivity index (χ3n) is 1.41. The second-order valence-electron chi connectivity index (χ2n) is 2.52. The largest absolute Gasteiger partial charge is 0.467 e. The Morgan fingerprint density at radius 3 is 3.09 bits per heavy atom. The van der Waals surface area contributed by atoms with Crippen molar-refractivity contribution in [2.24, 2.45) is 0 Å². The summed E-state index contributed by atoms with van der Waals surface area (Å²) in [6.07, 6.45) is 4.32. The first kappa shape index (κ1) is 8.53. The zero-order valence-corrected chi connectivity index (χ0v) is 7.73. The van der Waals surface area contributed by atoms with Crippen molar-refractivity contribution < 1.29 is 4.74 Å². The summed E-state index contributed by atoms with van der Waals surface area (Å²) in [6, 6.07) is 0. The smallest absolute Gasteiger partial charge is 0.273 e. The highest BCUT2D eigenvalue weighted by molar-refractivity contribution is 7.11. The molecule has 0 saturated heterocycles. The molecule has 1 unspecified atom stereocenters. The lowest BCUT2D eigenvalue weighted by Gasteiger charge is -2.09. The van der Waals surface area contributed by atoms with Crippen LogP contribution in [0.3, 0.4) is 0 Å². The van der Waals surface area contributed by atoms with Crippen molar-refractivity contribution in [2.45, 2.75) is 32.8 Å². The molecule has 3 heteroatoms. The summed E-state index contributed by atoms with van der Waals surface area (Å²) in [5.74, 6) is 0. The molecular formula is C8H13NOS. The molecule has 0 radical (unpaired) electrons. The molecule has 0 aliphatic carbocycles. The van der Waals surface area contributed by atoms with Crippen molar-refractivity contribution in [3.63, 3.8) is 0 Å². The number of hydrogen-bond donors (Lipinski definition) is 0. The SMILES string of the molecule is CCCC(C)Oc1nccs1. The molecule has 62 valence electrons. The molecule has 1 heterocycles. The van der Waals surface area contributed by atoms with Crippen molar-refractivity contribution in [3.05, 3.63) is 11.6 Å². The molecule has 0 aliphatic rings. The van der Waals surface area contributed by atoms with Crippen molar-refractivity contribution >= 4 is 11.3 Å². The first-order valence-corrected chi connectivity index (χ1v) is 4.77. The van der Waals surface area contributed by atoms with Gasteiger partial charge in [0.2, 0.25) is 0 Å². The van der Waals surface area contributed by atoms with E-state index in [1.165, 1.54) is 0 Å². The zero-order valence-electron chi connectivity index (χ0n) is 6.91. The third-order valence-corrected chi connectivity index (χ3v) is 2.07. The molecule has 0 aliphatic heterocycles. The van der Waals surface area contributed by atoms with Gasteiger partial charge in [0.15, 0.2) is 0 Å². The summed E-state index contributed by atoms with van der Waals surface area (Å²) in [6.45, 7) is 4.23. The number of aromatic nitrogens is 1. The van der Waals surface area contributed by atoms with Gasteiger partial charge in [0.25, 0.3) is 5.19 Å². The van der Waals surface area contributed by atoms with E-state index < -0.39 is 0 Å². The highest BCUT2D eigenvalue weighted by Crippen LogP contribution is 2.16. The Balaban J connectivity index is 2.31. The topological polar surface area (TPSA) is 22.1 Å². The van der Waals surface area contributed by atoms with Crippen LogP contribution in [-0.2, 0) is 0 Å². The Labute approximate surface area is 71.2 Å². The minimum absolute atomic E-state index is 0.297. The van der Waals surface area contributed by atoms with Crippen LogP contribution in [0.4, 0.5) is 0 Å². The van der Waals surface area contributed by atoms with E-state index in [0.717, 1.165) is 18.0 Å². The Hall–Kier alpha value is -0.570. The molecule has 0 fully saturated rings. The van der Waals surface area contributed by atoms with Gasteiger partial charge in [-0.05, 0) is 13.3 Å². The molecule has 0 amide bonds. The van der Waals surface area contributed by atoms with E-state index >= 15 is 0 Å². The van der Waals surface area contributed by atoms with Crippen molar-refractivity contribution in [2.75, 3.05) is 0 Å². The summed E-state index contributed by atoms with van der Waals surface area (Å²) in [4.78, 5) is 4.03. The van der Waals surface area contributed by atoms with Crippen LogP contribution in [0.1, 0.15) is 26.7 Å². The summed E-state index contributed by atoms with van der Waals surface area (Å²) in [5.41, 5.74) is 0. The van der Waals surface area contributed by atoms with Gasteiger partial charge >= 0.3 is 0 Å². The molecule has 0 saturated carbocycles. The van der Waals surface area contributed by atoms with Gasteiger partial charge in [0, 0.05) is 11.6 Å². The minimum atomic E-state index is 0.297. The average molecular weight is 171 g/mol. The summed E-state index contributed by atoms with van der Waals surface area (Å²) in [7, 11) is 0. The number of hydrogen-bond acceptors (Lipinski definition) is 3. The number of ether oxygens (including phenoxy) is 1. The molecule has 0 aromatic carbocycles. The lowest BCUT2D eigenvalue weighted by atomic mass is 10.2. The van der Waals surface area contributed by atoms with Gasteiger partial charge in [-0.25, -0.2) is 4.98 Å². The van der Waals surface area contributed by atoms with Crippen LogP contribution in [0, 0.1) is 0 Å². The van der Waals surface area contributed by atoms with E-state index in [0.29, 0.717) is 6.10 Å². The fraction of sp³-hybridized carbons (Fsp3) is 0.625. The normalized spacial score (nSPS) is 12.9. The van der Waals surface area contributed by atoms with Crippen molar-refractivity contribution in [1.82, 2.24) is 4.98 Å². The maximum Gasteiger partial charge on any atom is 0.273 e. The Morgan fingerprint density at radius 2 is 2.55 bits per heavy atom. The monoisotopic (exact) mass is 171 g/mol. The summed E-state index contributed by atoms with van der Waals surface area (Å²) < 4.78 is 5.50. The first-order valence-electron chi connectivity index (χ1n) is 3.89. The standard InChI is InChI=1S/C8H13NOS/c1-3-4-7(2)10-8-9-5-6-11-8/h5-7H,3-4H2,1-2H3. The van der Waals surface area contributed by atoms with E-state index in [9.17, 15) is 0 Å². The van der Waals surface area contributed by atoms with Crippen molar-refractivity contribution in [3.8, 4) is 5.19 Å². The van der Waals surface area contributed by atoms with Crippen LogP contribution >= 0.6 is 11.3 Å². The summed E-state index contributed by atoms with van der Waals surface area (Å²) >= 11 is 1.54. The van der Waals surface area contributed by atoms with E-state index in [1.54, 1.807) is 17.5 Å². The van der Waals surface area contributed by atoms with E-state index in [-0.39, 0.29) is 0 Å². The third kappa shape index (κ3) is 2.89. The number of thiazole rings is 1. The second kappa shape index (κ2) is 4.34. The molecule has 1 aromatic rings. The minimum Gasteiger partial charge on any atom is -0.467 e. The van der Waals surface area contributed by atoms with Crippen LogP contribution < -0.4 is 4.74 Å². The second-order valence-corrected chi connectivity index (χ2v) is 3.37. The fourth-order valence-corrected chi connectivity index (χ4v) is 1.49. The van der Waals surface area contributed by atoms with E-state index in [2.05, 4.69) is 18.8 Å². The highest BCUT2D eigenvalue weighted by Gasteiger charge is 2.02. The molecule has 0 bridgehead atoms. The number of nitrogens with zero attached hydrogens (tertiary/aromatic N) is 1. The van der Waals surface area contributed by atoms with Crippen LogP contribution in [0.15, 0.2) is 11.6 Å². The van der Waals surface area contributed by atoms with Gasteiger partial charge in [0.05, 0.1) is 6.10 Å². The predicted octanol–water partition coefficient (Wildman–Crippen LogP) is 2.71. The van der Waals surface area contributed by atoms with Crippen LogP contribution in [0.5, 0.6) is 5.19 Å². The fourth-order valence-electron chi connectivity index (χ4n) is 0.906. The molecule has 0 N–H and O–H groups in total. The molecule has 0 spiro atoms. The highest BCUT2D eigenvalue weighted by atomic mass is 32.1. The Bertz CT molecular complexity index is 186. The van der Waals surface area contributed by atoms with Gasteiger partial charge in [-0.3, -0.25) is 0 Å². The zero-order chi connectivity index (χ0) is 8.10. The molecule has 1 aromatic heterocycles. The van der Waals surface area contributed by atoms with Gasteiger partial charge in [0.1, 0.15) is 0 Å². The van der Waals surface area contributed by atoms with Crippen LogP contribution in [0.25, 0.3) is 0 Å². The van der Waals surface area contributed by atoms with Gasteiger partial charge in [-0.15, -0.1) is 0 Å². The van der Waals surface area contributed by atoms with Gasteiger partial charge < -0.3 is 4.74 Å². The molecule has 1 atom stereocenters. The lowest BCUT2D eigenvalue weighted by molar-refractivity contribution is 0.209. The van der Waals surface area contributed by atoms with E-state index in [4.69, 9.17) is 4.74 Å². The van der Waals surface area contributed by atoms with Gasteiger partial charge in [-0.1, -0.05) is 24.7 Å². The van der Waals surface area contributed by atoms with Crippen LogP contribution in [-0.4, -0.2) is 11.1 Å². The Morgan fingerprint density at radius 1 is 1.73 bits per heavy atom. The molecule has 2 nitrogen and oxygen atoms in total. The maximum absolute atomic E-state index is 5.50. The van der Waals surface area contributed by atoms with Crippen LogP contribution in [0.2, 0.25) is 0 Å².